The lowest BCUT2D eigenvalue weighted by Crippen LogP contribution is -2.26. The van der Waals surface area contributed by atoms with Gasteiger partial charge in [-0.3, -0.25) is 4.57 Å². The molecule has 7 nitrogen and oxygen atoms in total. The molecule has 2 aliphatic heterocycles. The Hall–Kier alpha value is -3.89. The summed E-state index contributed by atoms with van der Waals surface area (Å²) in [5.41, 5.74) is 13.5. The molecule has 1 atom stereocenters. The number of benzene rings is 2. The molecule has 4 aromatic rings. The minimum absolute atomic E-state index is 0.245. The lowest BCUT2D eigenvalue weighted by molar-refractivity contribution is 0.752. The van der Waals surface area contributed by atoms with Crippen LogP contribution in [0.1, 0.15) is 17.5 Å². The van der Waals surface area contributed by atoms with Gasteiger partial charge in [0.15, 0.2) is 5.82 Å². The summed E-state index contributed by atoms with van der Waals surface area (Å²) in [7, 11) is 0. The van der Waals surface area contributed by atoms with Gasteiger partial charge >= 0.3 is 0 Å². The standard InChI is InChI=1S/C24H21N7/c25-11-16-1-3-17(4-2-16)18-10-23-24-28-27-15-31(24)22-6-5-21(29-8-7-20(26)14-29)9-19(22)13-30(23)12-18/h1-6,9-10,12,15,20H,7-8,13-14,26H2/t20-/m1/s1. The topological polar surface area (TPSA) is 88.7 Å². The highest BCUT2D eigenvalue weighted by Gasteiger charge is 2.24. The van der Waals surface area contributed by atoms with E-state index in [0.29, 0.717) is 5.56 Å². The molecule has 2 aromatic carbocycles. The predicted molar refractivity (Wildman–Crippen MR) is 119 cm³/mol. The van der Waals surface area contributed by atoms with Crippen molar-refractivity contribution in [3.63, 3.8) is 0 Å². The second kappa shape index (κ2) is 6.83. The van der Waals surface area contributed by atoms with Crippen LogP contribution in [0.3, 0.4) is 0 Å². The highest BCUT2D eigenvalue weighted by Crippen LogP contribution is 2.35. The number of hydrogen-bond donors (Lipinski definition) is 1. The van der Waals surface area contributed by atoms with E-state index < -0.39 is 0 Å². The van der Waals surface area contributed by atoms with Crippen LogP contribution in [0.25, 0.3) is 28.3 Å². The van der Waals surface area contributed by atoms with Crippen LogP contribution in [0.4, 0.5) is 5.69 Å². The first-order valence-electron chi connectivity index (χ1n) is 10.4. The fourth-order valence-corrected chi connectivity index (χ4v) is 4.65. The fraction of sp³-hybridized carbons (Fsp3) is 0.208. The van der Waals surface area contributed by atoms with Crippen LogP contribution in [-0.2, 0) is 6.54 Å². The average Bonchev–Trinajstić information content (AvgIpc) is 3.52. The Balaban J connectivity index is 1.44. The Morgan fingerprint density at radius 3 is 2.71 bits per heavy atom. The van der Waals surface area contributed by atoms with E-state index >= 15 is 0 Å². The summed E-state index contributed by atoms with van der Waals surface area (Å²) >= 11 is 0. The van der Waals surface area contributed by atoms with E-state index in [1.165, 1.54) is 11.3 Å². The van der Waals surface area contributed by atoms with Gasteiger partial charge in [0.05, 0.1) is 23.0 Å². The van der Waals surface area contributed by atoms with Gasteiger partial charge in [0.25, 0.3) is 0 Å². The van der Waals surface area contributed by atoms with Crippen molar-refractivity contribution in [3.8, 4) is 34.4 Å². The number of nitrogens with zero attached hydrogens (tertiary/aromatic N) is 6. The summed E-state index contributed by atoms with van der Waals surface area (Å²) in [4.78, 5) is 2.36. The monoisotopic (exact) mass is 407 g/mol. The second-order valence-electron chi connectivity index (χ2n) is 8.26. The first kappa shape index (κ1) is 17.9. The lowest BCUT2D eigenvalue weighted by atomic mass is 10.1. The van der Waals surface area contributed by atoms with E-state index in [1.807, 2.05) is 24.3 Å². The van der Waals surface area contributed by atoms with E-state index in [4.69, 9.17) is 11.0 Å². The van der Waals surface area contributed by atoms with Gasteiger partial charge in [0.1, 0.15) is 6.33 Å². The summed E-state index contributed by atoms with van der Waals surface area (Å²) in [5, 5.41) is 17.7. The van der Waals surface area contributed by atoms with E-state index in [0.717, 1.165) is 54.4 Å². The molecule has 6 rings (SSSR count). The van der Waals surface area contributed by atoms with E-state index in [1.54, 1.807) is 6.33 Å². The van der Waals surface area contributed by atoms with Crippen LogP contribution in [0.15, 0.2) is 61.1 Å². The smallest absolute Gasteiger partial charge is 0.185 e. The quantitative estimate of drug-likeness (QED) is 0.486. The van der Waals surface area contributed by atoms with Crippen LogP contribution in [0.5, 0.6) is 0 Å². The van der Waals surface area contributed by atoms with Gasteiger partial charge in [-0.1, -0.05) is 12.1 Å². The molecule has 0 spiro atoms. The van der Waals surface area contributed by atoms with Crippen molar-refractivity contribution in [2.45, 2.75) is 19.0 Å². The Bertz CT molecular complexity index is 1320. The SMILES string of the molecule is N#Cc1ccc(-c2cc3n(c2)Cc2cc(N4CC[C@@H](N)C4)ccc2-n2cnnc2-3)cc1. The predicted octanol–water partition coefficient (Wildman–Crippen LogP) is 3.17. The zero-order valence-corrected chi connectivity index (χ0v) is 16.9. The summed E-state index contributed by atoms with van der Waals surface area (Å²) in [6.45, 7) is 2.64. The highest BCUT2D eigenvalue weighted by atomic mass is 15.3. The molecule has 7 heteroatoms. The molecule has 0 radical (unpaired) electrons. The molecule has 4 heterocycles. The molecule has 2 N–H and O–H groups in total. The molecule has 31 heavy (non-hydrogen) atoms. The maximum absolute atomic E-state index is 9.07. The number of nitriles is 1. The van der Waals surface area contributed by atoms with Gasteiger partial charge in [0, 0.05) is 43.1 Å². The minimum Gasteiger partial charge on any atom is -0.370 e. The molecule has 0 aliphatic carbocycles. The molecule has 1 saturated heterocycles. The first-order valence-corrected chi connectivity index (χ1v) is 10.4. The number of rotatable bonds is 2. The zero-order chi connectivity index (χ0) is 20.9. The molecular formula is C24H21N7. The van der Waals surface area contributed by atoms with Crippen LogP contribution in [0.2, 0.25) is 0 Å². The van der Waals surface area contributed by atoms with Crippen molar-refractivity contribution in [2.24, 2.45) is 5.73 Å². The molecule has 0 unspecified atom stereocenters. The van der Waals surface area contributed by atoms with Crippen molar-refractivity contribution in [1.82, 2.24) is 19.3 Å². The van der Waals surface area contributed by atoms with Crippen molar-refractivity contribution < 1.29 is 0 Å². The van der Waals surface area contributed by atoms with Gasteiger partial charge in [-0.25, -0.2) is 0 Å². The molecule has 0 amide bonds. The fourth-order valence-electron chi connectivity index (χ4n) is 4.65. The van der Waals surface area contributed by atoms with Crippen LogP contribution in [-0.4, -0.2) is 38.5 Å². The Morgan fingerprint density at radius 1 is 1.06 bits per heavy atom. The number of nitrogens with two attached hydrogens (primary N) is 1. The summed E-state index contributed by atoms with van der Waals surface area (Å²) in [6, 6.07) is 18.8. The van der Waals surface area contributed by atoms with Gasteiger partial charge in [-0.2, -0.15) is 5.26 Å². The van der Waals surface area contributed by atoms with Gasteiger partial charge in [-0.05, 0) is 53.9 Å². The zero-order valence-electron chi connectivity index (χ0n) is 16.9. The average molecular weight is 407 g/mol. The maximum atomic E-state index is 9.07. The number of anilines is 1. The highest BCUT2D eigenvalue weighted by molar-refractivity contribution is 5.72. The first-order chi connectivity index (χ1) is 15.2. The molecule has 0 saturated carbocycles. The van der Waals surface area contributed by atoms with Crippen LogP contribution >= 0.6 is 0 Å². The normalized spacial score (nSPS) is 16.9. The van der Waals surface area contributed by atoms with Crippen molar-refractivity contribution in [1.29, 1.82) is 5.26 Å². The van der Waals surface area contributed by atoms with Gasteiger partial charge < -0.3 is 15.2 Å². The Kier molecular flexibility index (Phi) is 3.95. The molecule has 1 fully saturated rings. The van der Waals surface area contributed by atoms with Crippen LogP contribution in [0, 0.1) is 11.3 Å². The van der Waals surface area contributed by atoms with Crippen molar-refractivity contribution in [3.05, 3.63) is 72.2 Å². The summed E-state index contributed by atoms with van der Waals surface area (Å²) in [5.74, 6) is 0.828. The molecule has 2 aromatic heterocycles. The van der Waals surface area contributed by atoms with Crippen molar-refractivity contribution in [2.75, 3.05) is 18.0 Å². The van der Waals surface area contributed by atoms with Gasteiger partial charge in [-0.15, -0.1) is 10.2 Å². The molecule has 0 bridgehead atoms. The van der Waals surface area contributed by atoms with E-state index in [2.05, 4.69) is 60.8 Å². The Morgan fingerprint density at radius 2 is 1.94 bits per heavy atom. The molecule has 152 valence electrons. The summed E-state index contributed by atoms with van der Waals surface area (Å²) in [6.07, 6.45) is 4.97. The second-order valence-corrected chi connectivity index (χ2v) is 8.26. The van der Waals surface area contributed by atoms with Gasteiger partial charge in [0.2, 0.25) is 0 Å². The number of aromatic nitrogens is 4. The third-order valence-electron chi connectivity index (χ3n) is 6.27. The van der Waals surface area contributed by atoms with Crippen LogP contribution < -0.4 is 10.6 Å². The summed E-state index contributed by atoms with van der Waals surface area (Å²) < 4.78 is 4.30. The third-order valence-corrected chi connectivity index (χ3v) is 6.27. The van der Waals surface area contributed by atoms with Crippen molar-refractivity contribution >= 4 is 5.69 Å². The Labute approximate surface area is 180 Å². The third kappa shape index (κ3) is 2.92. The van der Waals surface area contributed by atoms with E-state index in [-0.39, 0.29) is 6.04 Å². The lowest BCUT2D eigenvalue weighted by Gasteiger charge is -2.20. The largest absolute Gasteiger partial charge is 0.370 e. The minimum atomic E-state index is 0.245. The molecule has 2 aliphatic rings. The van der Waals surface area contributed by atoms with E-state index in [9.17, 15) is 0 Å². The maximum Gasteiger partial charge on any atom is 0.185 e. The molecular weight excluding hydrogens is 386 g/mol. The number of fused-ring (bicyclic) bond motifs is 5. The number of hydrogen-bond acceptors (Lipinski definition) is 5.